The Kier molecular flexibility index (Phi) is 5.76. The number of fused-ring (bicyclic) bond motifs is 1. The maximum Gasteiger partial charge on any atom is 0.139 e. The van der Waals surface area contributed by atoms with Crippen molar-refractivity contribution in [2.75, 3.05) is 0 Å². The highest BCUT2D eigenvalue weighted by atomic mass is 35.5. The molecule has 152 valence electrons. The smallest absolute Gasteiger partial charge is 0.139 e. The van der Waals surface area contributed by atoms with Crippen LogP contribution < -0.4 is 4.74 Å². The van der Waals surface area contributed by atoms with Crippen molar-refractivity contribution in [1.82, 2.24) is 4.98 Å². The second-order valence-electron chi connectivity index (χ2n) is 6.66. The number of halogens is 2. The van der Waals surface area contributed by atoms with Crippen LogP contribution in [0.1, 0.15) is 28.2 Å². The van der Waals surface area contributed by atoms with E-state index < -0.39 is 22.8 Å². The number of ether oxygens (including phenoxy) is 1. The van der Waals surface area contributed by atoms with Crippen LogP contribution in [0.3, 0.4) is 0 Å². The molecule has 0 bridgehead atoms. The van der Waals surface area contributed by atoms with Crippen LogP contribution in [-0.2, 0) is 21.6 Å². The topological polar surface area (TPSA) is 79.3 Å². The quantitative estimate of drug-likeness (QED) is 0.330. The van der Waals surface area contributed by atoms with Crippen molar-refractivity contribution in [3.8, 4) is 5.75 Å². The molecule has 0 N–H and O–H groups in total. The van der Waals surface area contributed by atoms with Crippen LogP contribution in [0.15, 0.2) is 60.8 Å². The summed E-state index contributed by atoms with van der Waals surface area (Å²) in [6.45, 7) is 0. The zero-order chi connectivity index (χ0) is 21.3. The van der Waals surface area contributed by atoms with Gasteiger partial charge in [0.25, 0.3) is 0 Å². The Morgan fingerprint density at radius 1 is 1.13 bits per heavy atom. The fraction of sp³-hybridized carbons (Fsp3) is 0.0909. The third-order valence-corrected chi connectivity index (χ3v) is 5.55. The highest BCUT2D eigenvalue weighted by Gasteiger charge is 2.31. The number of carbonyl (C=O) groups is 1. The number of pyridine rings is 1. The molecule has 2 atom stereocenters. The number of rotatable bonds is 5. The van der Waals surface area contributed by atoms with Gasteiger partial charge in [0.2, 0.25) is 0 Å². The first-order valence-corrected chi connectivity index (χ1v) is 10.5. The van der Waals surface area contributed by atoms with E-state index in [4.69, 9.17) is 16.3 Å². The van der Waals surface area contributed by atoms with Gasteiger partial charge in [-0.1, -0.05) is 53.0 Å². The van der Waals surface area contributed by atoms with Gasteiger partial charge < -0.3 is 14.1 Å². The summed E-state index contributed by atoms with van der Waals surface area (Å²) in [4.78, 5) is 16.2. The molecule has 2 aromatic carbocycles. The molecule has 0 aliphatic carbocycles. The maximum atomic E-state index is 13.8. The van der Waals surface area contributed by atoms with E-state index in [1.54, 1.807) is 42.6 Å². The Balaban J connectivity index is 1.90. The van der Waals surface area contributed by atoms with E-state index in [0.717, 1.165) is 6.29 Å². The number of hydrogen-bond acceptors (Lipinski definition) is 5. The summed E-state index contributed by atoms with van der Waals surface area (Å²) >= 11 is 3.70. The van der Waals surface area contributed by atoms with Crippen molar-refractivity contribution in [3.63, 3.8) is 0 Å². The number of aldehydes is 1. The van der Waals surface area contributed by atoms with Gasteiger partial charge in [-0.15, -0.1) is 0 Å². The zero-order valence-electron chi connectivity index (χ0n) is 15.4. The van der Waals surface area contributed by atoms with Gasteiger partial charge in [-0.05, 0) is 23.8 Å². The number of allylic oxidation sites excluding steroid dienone is 1. The molecule has 1 aliphatic heterocycles. The third-order valence-electron chi connectivity index (χ3n) is 4.75. The van der Waals surface area contributed by atoms with Crippen LogP contribution in [0, 0.1) is 5.82 Å². The van der Waals surface area contributed by atoms with E-state index in [2.05, 4.69) is 4.98 Å². The van der Waals surface area contributed by atoms with Gasteiger partial charge in [0.1, 0.15) is 28.8 Å². The van der Waals surface area contributed by atoms with E-state index in [0.29, 0.717) is 38.7 Å². The molecule has 4 rings (SSSR count). The van der Waals surface area contributed by atoms with Crippen LogP contribution >= 0.6 is 11.6 Å². The first kappa shape index (κ1) is 20.4. The Morgan fingerprint density at radius 3 is 2.50 bits per heavy atom. The average molecular weight is 443 g/mol. The summed E-state index contributed by atoms with van der Waals surface area (Å²) in [6, 6.07) is 14.1. The molecule has 1 aliphatic rings. The number of aromatic nitrogens is 1. The van der Waals surface area contributed by atoms with Crippen molar-refractivity contribution in [1.29, 1.82) is 0 Å². The van der Waals surface area contributed by atoms with Crippen molar-refractivity contribution in [2.24, 2.45) is 0 Å². The minimum atomic E-state index is -2.21. The van der Waals surface area contributed by atoms with Crippen LogP contribution in [-0.4, -0.2) is 20.0 Å². The molecule has 0 amide bonds. The monoisotopic (exact) mass is 442 g/mol. The highest BCUT2D eigenvalue weighted by molar-refractivity contribution is 7.78. The molecule has 8 heteroatoms. The van der Waals surface area contributed by atoms with Gasteiger partial charge in [0.15, 0.2) is 0 Å². The predicted octanol–water partition coefficient (Wildman–Crippen LogP) is 4.50. The number of hydrogen-bond donors (Lipinski definition) is 0. The molecule has 0 saturated carbocycles. The first-order chi connectivity index (χ1) is 14.5. The minimum Gasteiger partial charge on any atom is -0.772 e. The lowest BCUT2D eigenvalue weighted by Crippen LogP contribution is -2.16. The molecular weight excluding hydrogens is 429 g/mol. The van der Waals surface area contributed by atoms with E-state index in [1.165, 1.54) is 18.2 Å². The molecule has 1 aromatic heterocycles. The van der Waals surface area contributed by atoms with Crippen LogP contribution in [0.5, 0.6) is 5.75 Å². The van der Waals surface area contributed by atoms with Gasteiger partial charge in [-0.2, -0.15) is 0 Å². The Labute approximate surface area is 179 Å². The molecule has 2 heterocycles. The van der Waals surface area contributed by atoms with Gasteiger partial charge >= 0.3 is 0 Å². The molecule has 5 nitrogen and oxygen atoms in total. The van der Waals surface area contributed by atoms with Gasteiger partial charge in [-0.25, -0.2) is 9.37 Å². The third kappa shape index (κ3) is 4.05. The maximum absolute atomic E-state index is 13.8. The van der Waals surface area contributed by atoms with Crippen molar-refractivity contribution in [3.05, 3.63) is 94.0 Å². The van der Waals surface area contributed by atoms with Gasteiger partial charge in [0.05, 0.1) is 5.92 Å². The van der Waals surface area contributed by atoms with E-state index in [-0.39, 0.29) is 11.5 Å². The number of carbonyl (C=O) groups excluding carboxylic acids is 1. The van der Waals surface area contributed by atoms with Crippen LogP contribution in [0.2, 0.25) is 5.15 Å². The molecular formula is C22H14ClFNO4S-. The van der Waals surface area contributed by atoms with E-state index in [9.17, 15) is 17.9 Å². The summed E-state index contributed by atoms with van der Waals surface area (Å²) in [5.74, 6) is -0.690. The fourth-order valence-corrected chi connectivity index (χ4v) is 3.98. The lowest BCUT2D eigenvalue weighted by Gasteiger charge is -2.28. The second kappa shape index (κ2) is 8.47. The Hall–Kier alpha value is -2.87. The lowest BCUT2D eigenvalue weighted by molar-refractivity contribution is -0.108. The van der Waals surface area contributed by atoms with Crippen LogP contribution in [0.4, 0.5) is 4.39 Å². The fourth-order valence-electron chi connectivity index (χ4n) is 3.41. The van der Waals surface area contributed by atoms with Crippen molar-refractivity contribution >= 4 is 40.3 Å². The van der Waals surface area contributed by atoms with E-state index in [1.807, 2.05) is 0 Å². The number of nitrogens with zero attached hydrogens (tertiary/aromatic N) is 1. The molecule has 30 heavy (non-hydrogen) atoms. The predicted molar refractivity (Wildman–Crippen MR) is 111 cm³/mol. The first-order valence-electron chi connectivity index (χ1n) is 8.90. The van der Waals surface area contributed by atoms with Gasteiger partial charge in [-0.3, -0.25) is 4.21 Å². The second-order valence-corrected chi connectivity index (χ2v) is 7.94. The van der Waals surface area contributed by atoms with Crippen molar-refractivity contribution < 1.29 is 22.7 Å². The summed E-state index contributed by atoms with van der Waals surface area (Å²) in [7, 11) is 0. The lowest BCUT2D eigenvalue weighted by atomic mass is 9.84. The van der Waals surface area contributed by atoms with Crippen LogP contribution in [0.25, 0.3) is 11.3 Å². The zero-order valence-corrected chi connectivity index (χ0v) is 17.0. The highest BCUT2D eigenvalue weighted by Crippen LogP contribution is 2.46. The Bertz CT molecular complexity index is 1160. The molecule has 2 unspecified atom stereocenters. The largest absolute Gasteiger partial charge is 0.772 e. The van der Waals surface area contributed by atoms with E-state index >= 15 is 0 Å². The minimum absolute atomic E-state index is 0.112. The summed E-state index contributed by atoms with van der Waals surface area (Å²) in [5.41, 5.74) is 2.96. The average Bonchev–Trinajstić information content (AvgIpc) is 2.73. The normalized spacial score (nSPS) is 16.6. The standard InChI is InChI=1S/C22H15ClFNO4S/c23-20-8-5-15(10-25-20)21-18(11-26)17-7-6-16(24)9-19(17)29-22(21)14-3-1-13(2-4-14)12-30(27)28/h1-11,18H,12H2,(H,27,28)/p-1. The summed E-state index contributed by atoms with van der Waals surface area (Å²) in [5, 5.41) is 0.303. The number of benzene rings is 2. The summed E-state index contributed by atoms with van der Waals surface area (Å²) < 4.78 is 41.8. The molecule has 0 saturated heterocycles. The van der Waals surface area contributed by atoms with Crippen molar-refractivity contribution in [2.45, 2.75) is 11.7 Å². The molecule has 0 fully saturated rings. The molecule has 0 radical (unpaired) electrons. The SMILES string of the molecule is O=CC1C(c2ccc(Cl)nc2)=C(c2ccc(CS(=O)[O-])cc2)Oc2cc(F)ccc21. The Morgan fingerprint density at radius 2 is 1.87 bits per heavy atom. The molecule has 0 spiro atoms. The van der Waals surface area contributed by atoms with Gasteiger partial charge in [0, 0.05) is 40.3 Å². The molecule has 3 aromatic rings. The summed E-state index contributed by atoms with van der Waals surface area (Å²) in [6.07, 6.45) is 2.32.